The molecule has 3 atom stereocenters. The second kappa shape index (κ2) is 3.69. The highest BCUT2D eigenvalue weighted by Crippen LogP contribution is 2.33. The number of rotatable bonds is 2. The topological polar surface area (TPSA) is 74.6 Å². The van der Waals surface area contributed by atoms with Crippen molar-refractivity contribution in [2.75, 3.05) is 0 Å². The number of Topliss-reactive ketones (excluding diaryl/α,β-unsaturated/α-hetero) is 1. The van der Waals surface area contributed by atoms with Crippen LogP contribution in [0.3, 0.4) is 0 Å². The van der Waals surface area contributed by atoms with Crippen LogP contribution >= 0.6 is 0 Å². The molecule has 0 aromatic rings. The second-order valence-electron chi connectivity index (χ2n) is 4.30. The number of aliphatic carboxylic acids is 1. The van der Waals surface area contributed by atoms with Crippen molar-refractivity contribution in [3.63, 3.8) is 0 Å². The zero-order valence-corrected chi connectivity index (χ0v) is 8.49. The van der Waals surface area contributed by atoms with E-state index in [4.69, 9.17) is 5.11 Å². The van der Waals surface area contributed by atoms with Gasteiger partial charge >= 0.3 is 5.97 Å². The molecule has 1 rings (SSSR count). The average Bonchev–Trinajstić information content (AvgIpc) is 2.09. The van der Waals surface area contributed by atoms with Crippen molar-refractivity contribution < 1.29 is 19.8 Å². The SMILES string of the molecule is CC1CCC(C(C)(O)C(=O)O)CC1=O. The monoisotopic (exact) mass is 200 g/mol. The molecule has 80 valence electrons. The summed E-state index contributed by atoms with van der Waals surface area (Å²) >= 11 is 0. The Kier molecular flexibility index (Phi) is 2.95. The van der Waals surface area contributed by atoms with Crippen molar-refractivity contribution in [1.82, 2.24) is 0 Å². The number of carboxylic acid groups (broad SMARTS) is 1. The number of carbonyl (C=O) groups is 2. The lowest BCUT2D eigenvalue weighted by molar-refractivity contribution is -0.164. The molecular weight excluding hydrogens is 184 g/mol. The van der Waals surface area contributed by atoms with Crippen LogP contribution in [-0.4, -0.2) is 27.6 Å². The van der Waals surface area contributed by atoms with Crippen LogP contribution in [0, 0.1) is 11.8 Å². The molecule has 1 aliphatic rings. The number of hydrogen-bond donors (Lipinski definition) is 2. The molecule has 1 saturated carbocycles. The van der Waals surface area contributed by atoms with Gasteiger partial charge in [0.2, 0.25) is 0 Å². The lowest BCUT2D eigenvalue weighted by Gasteiger charge is -2.33. The van der Waals surface area contributed by atoms with Crippen LogP contribution in [0.5, 0.6) is 0 Å². The quantitative estimate of drug-likeness (QED) is 0.692. The Balaban J connectivity index is 2.72. The predicted octanol–water partition coefficient (Wildman–Crippen LogP) is 0.827. The summed E-state index contributed by atoms with van der Waals surface area (Å²) in [5.41, 5.74) is -1.77. The van der Waals surface area contributed by atoms with E-state index in [-0.39, 0.29) is 18.1 Å². The van der Waals surface area contributed by atoms with Crippen LogP contribution in [-0.2, 0) is 9.59 Å². The van der Waals surface area contributed by atoms with Crippen molar-refractivity contribution in [3.05, 3.63) is 0 Å². The van der Waals surface area contributed by atoms with Gasteiger partial charge in [-0.2, -0.15) is 0 Å². The van der Waals surface area contributed by atoms with Gasteiger partial charge in [0.15, 0.2) is 5.60 Å². The highest BCUT2D eigenvalue weighted by molar-refractivity contribution is 5.84. The lowest BCUT2D eigenvalue weighted by Crippen LogP contribution is -2.46. The Hall–Kier alpha value is -0.900. The highest BCUT2D eigenvalue weighted by atomic mass is 16.4. The average molecular weight is 200 g/mol. The summed E-state index contributed by atoms with van der Waals surface area (Å²) in [5, 5.41) is 18.5. The molecule has 1 aliphatic carbocycles. The standard InChI is InChI=1S/C10H16O4/c1-6-3-4-7(5-8(6)11)10(2,14)9(12)13/h6-7,14H,3-5H2,1-2H3,(H,12,13). The summed E-state index contributed by atoms with van der Waals surface area (Å²) in [6, 6.07) is 0. The lowest BCUT2D eigenvalue weighted by atomic mass is 9.74. The fraction of sp³-hybridized carbons (Fsp3) is 0.800. The van der Waals surface area contributed by atoms with Crippen LogP contribution in [0.2, 0.25) is 0 Å². The summed E-state index contributed by atoms with van der Waals surface area (Å²) in [6.45, 7) is 3.11. The van der Waals surface area contributed by atoms with Gasteiger partial charge in [-0.1, -0.05) is 6.92 Å². The van der Waals surface area contributed by atoms with Gasteiger partial charge in [0, 0.05) is 18.3 Å². The smallest absolute Gasteiger partial charge is 0.335 e. The molecule has 0 radical (unpaired) electrons. The van der Waals surface area contributed by atoms with E-state index in [1.165, 1.54) is 6.92 Å². The van der Waals surface area contributed by atoms with Crippen LogP contribution in [0.15, 0.2) is 0 Å². The van der Waals surface area contributed by atoms with Gasteiger partial charge in [-0.3, -0.25) is 4.79 Å². The van der Waals surface area contributed by atoms with E-state index in [2.05, 4.69) is 0 Å². The molecule has 4 heteroatoms. The molecule has 0 aliphatic heterocycles. The first-order valence-electron chi connectivity index (χ1n) is 4.84. The Bertz CT molecular complexity index is 257. The van der Waals surface area contributed by atoms with Gasteiger partial charge in [0.1, 0.15) is 5.78 Å². The van der Waals surface area contributed by atoms with Crippen molar-refractivity contribution >= 4 is 11.8 Å². The number of aliphatic hydroxyl groups is 1. The predicted molar refractivity (Wildman–Crippen MR) is 49.8 cm³/mol. The zero-order chi connectivity index (χ0) is 10.9. The molecule has 14 heavy (non-hydrogen) atoms. The molecule has 0 amide bonds. The van der Waals surface area contributed by atoms with Gasteiger partial charge in [-0.05, 0) is 19.8 Å². The summed E-state index contributed by atoms with van der Waals surface area (Å²) < 4.78 is 0. The van der Waals surface area contributed by atoms with Gasteiger partial charge in [0.05, 0.1) is 0 Å². The van der Waals surface area contributed by atoms with E-state index in [9.17, 15) is 14.7 Å². The summed E-state index contributed by atoms with van der Waals surface area (Å²) in [5.74, 6) is -1.62. The molecule has 4 nitrogen and oxygen atoms in total. The first-order valence-corrected chi connectivity index (χ1v) is 4.84. The van der Waals surface area contributed by atoms with Crippen LogP contribution < -0.4 is 0 Å². The minimum Gasteiger partial charge on any atom is -0.479 e. The molecule has 0 aromatic heterocycles. The first-order chi connectivity index (χ1) is 6.35. The van der Waals surface area contributed by atoms with Gasteiger partial charge in [0.25, 0.3) is 0 Å². The largest absolute Gasteiger partial charge is 0.479 e. The second-order valence-corrected chi connectivity index (χ2v) is 4.30. The Morgan fingerprint density at radius 2 is 2.07 bits per heavy atom. The third kappa shape index (κ3) is 1.95. The van der Waals surface area contributed by atoms with E-state index in [1.807, 2.05) is 6.92 Å². The van der Waals surface area contributed by atoms with Crippen LogP contribution in [0.4, 0.5) is 0 Å². The minimum absolute atomic E-state index is 0.0100. The first kappa shape index (κ1) is 11.2. The molecule has 0 heterocycles. The van der Waals surface area contributed by atoms with Gasteiger partial charge in [-0.15, -0.1) is 0 Å². The number of ketones is 1. The fourth-order valence-electron chi connectivity index (χ4n) is 1.81. The number of hydrogen-bond acceptors (Lipinski definition) is 3. The number of carboxylic acids is 1. The van der Waals surface area contributed by atoms with E-state index in [0.717, 1.165) is 0 Å². The van der Waals surface area contributed by atoms with Gasteiger partial charge in [-0.25, -0.2) is 4.79 Å². The van der Waals surface area contributed by atoms with Crippen LogP contribution in [0.25, 0.3) is 0 Å². The number of carbonyl (C=O) groups excluding carboxylic acids is 1. The minimum atomic E-state index is -1.77. The maximum atomic E-state index is 11.4. The molecule has 0 aromatic carbocycles. The van der Waals surface area contributed by atoms with Crippen LogP contribution in [0.1, 0.15) is 33.1 Å². The third-order valence-corrected chi connectivity index (χ3v) is 3.17. The highest BCUT2D eigenvalue weighted by Gasteiger charge is 2.42. The normalized spacial score (nSPS) is 32.4. The maximum Gasteiger partial charge on any atom is 0.335 e. The fourth-order valence-corrected chi connectivity index (χ4v) is 1.81. The van der Waals surface area contributed by atoms with Crippen molar-refractivity contribution in [2.45, 2.75) is 38.7 Å². The third-order valence-electron chi connectivity index (χ3n) is 3.17. The Labute approximate surface area is 82.9 Å². The van der Waals surface area contributed by atoms with Crippen molar-refractivity contribution in [3.8, 4) is 0 Å². The zero-order valence-electron chi connectivity index (χ0n) is 8.49. The molecule has 0 spiro atoms. The molecule has 2 N–H and O–H groups in total. The molecule has 0 saturated heterocycles. The van der Waals surface area contributed by atoms with Crippen molar-refractivity contribution in [1.29, 1.82) is 0 Å². The Morgan fingerprint density at radius 1 is 1.50 bits per heavy atom. The van der Waals surface area contributed by atoms with E-state index in [1.54, 1.807) is 0 Å². The molecular formula is C10H16O4. The van der Waals surface area contributed by atoms with E-state index >= 15 is 0 Å². The summed E-state index contributed by atoms with van der Waals surface area (Å²) in [4.78, 5) is 22.1. The van der Waals surface area contributed by atoms with Gasteiger partial charge < -0.3 is 10.2 Å². The maximum absolute atomic E-state index is 11.4. The summed E-state index contributed by atoms with van der Waals surface area (Å²) in [7, 11) is 0. The van der Waals surface area contributed by atoms with Crippen molar-refractivity contribution in [2.24, 2.45) is 11.8 Å². The van der Waals surface area contributed by atoms with E-state index in [0.29, 0.717) is 12.8 Å². The molecule has 3 unspecified atom stereocenters. The van der Waals surface area contributed by atoms with E-state index < -0.39 is 17.5 Å². The molecule has 1 fully saturated rings. The summed E-state index contributed by atoms with van der Waals surface area (Å²) in [6.07, 6.45) is 1.46. The molecule has 0 bridgehead atoms. The Morgan fingerprint density at radius 3 is 2.50 bits per heavy atom.